The molecule has 132 valence electrons. The molecule has 6 nitrogen and oxygen atoms in total. The van der Waals surface area contributed by atoms with Crippen molar-refractivity contribution in [1.82, 2.24) is 9.88 Å². The van der Waals surface area contributed by atoms with E-state index in [-0.39, 0.29) is 6.03 Å². The number of aryl methyl sites for hydroxylation is 1. The standard InChI is InChI=1S/C19H24N4O2/c1-3-25-18-14-15(2)4-5-17(18)21-19(24)23-12-10-22(11-13-23)16-6-8-20-9-7-16/h4-9,14H,3,10-13H2,1-2H3,(H,21,24). The van der Waals surface area contributed by atoms with Crippen LogP contribution in [-0.2, 0) is 0 Å². The van der Waals surface area contributed by atoms with Crippen LogP contribution in [-0.4, -0.2) is 48.7 Å². The summed E-state index contributed by atoms with van der Waals surface area (Å²) in [6.07, 6.45) is 3.59. The van der Waals surface area contributed by atoms with Crippen LogP contribution in [0.1, 0.15) is 12.5 Å². The van der Waals surface area contributed by atoms with Gasteiger partial charge in [0.2, 0.25) is 0 Å². The molecule has 0 saturated carbocycles. The number of pyridine rings is 1. The van der Waals surface area contributed by atoms with Crippen molar-refractivity contribution in [2.45, 2.75) is 13.8 Å². The lowest BCUT2D eigenvalue weighted by Crippen LogP contribution is -2.50. The Morgan fingerprint density at radius 1 is 1.16 bits per heavy atom. The Morgan fingerprint density at radius 2 is 1.88 bits per heavy atom. The number of hydrogen-bond acceptors (Lipinski definition) is 4. The van der Waals surface area contributed by atoms with E-state index in [9.17, 15) is 4.79 Å². The first kappa shape index (κ1) is 17.1. The van der Waals surface area contributed by atoms with Gasteiger partial charge in [0.05, 0.1) is 12.3 Å². The zero-order chi connectivity index (χ0) is 17.6. The van der Waals surface area contributed by atoms with E-state index in [2.05, 4.69) is 15.2 Å². The Kier molecular flexibility index (Phi) is 5.38. The smallest absolute Gasteiger partial charge is 0.322 e. The van der Waals surface area contributed by atoms with Crippen LogP contribution < -0.4 is 15.0 Å². The zero-order valence-corrected chi connectivity index (χ0v) is 14.7. The maximum atomic E-state index is 12.6. The number of piperazine rings is 1. The third kappa shape index (κ3) is 4.21. The molecule has 0 aliphatic carbocycles. The highest BCUT2D eigenvalue weighted by atomic mass is 16.5. The van der Waals surface area contributed by atoms with Crippen LogP contribution in [0.15, 0.2) is 42.7 Å². The molecule has 1 N–H and O–H groups in total. The van der Waals surface area contributed by atoms with Crippen LogP contribution in [0.25, 0.3) is 0 Å². The molecule has 6 heteroatoms. The molecule has 25 heavy (non-hydrogen) atoms. The first-order valence-corrected chi connectivity index (χ1v) is 8.61. The van der Waals surface area contributed by atoms with Gasteiger partial charge < -0.3 is 19.9 Å². The molecule has 2 aromatic rings. The second-order valence-electron chi connectivity index (χ2n) is 6.04. The fraction of sp³-hybridized carbons (Fsp3) is 0.368. The van der Waals surface area contributed by atoms with Crippen molar-refractivity contribution in [3.05, 3.63) is 48.3 Å². The average Bonchev–Trinajstić information content (AvgIpc) is 2.65. The van der Waals surface area contributed by atoms with Crippen LogP contribution >= 0.6 is 0 Å². The molecule has 3 rings (SSSR count). The van der Waals surface area contributed by atoms with Gasteiger partial charge >= 0.3 is 6.03 Å². The van der Waals surface area contributed by atoms with Crippen molar-refractivity contribution in [3.63, 3.8) is 0 Å². The van der Waals surface area contributed by atoms with Gasteiger partial charge in [0.25, 0.3) is 0 Å². The summed E-state index contributed by atoms with van der Waals surface area (Å²) in [5.41, 5.74) is 2.97. The number of urea groups is 1. The van der Waals surface area contributed by atoms with Crippen LogP contribution in [0.5, 0.6) is 5.75 Å². The number of hydrogen-bond donors (Lipinski definition) is 1. The number of carbonyl (C=O) groups is 1. The Bertz CT molecular complexity index is 713. The van der Waals surface area contributed by atoms with E-state index >= 15 is 0 Å². The number of anilines is 2. The van der Waals surface area contributed by atoms with Gasteiger partial charge in [-0.1, -0.05) is 6.07 Å². The Hall–Kier alpha value is -2.76. The highest BCUT2D eigenvalue weighted by Crippen LogP contribution is 2.26. The normalized spacial score (nSPS) is 14.3. The molecule has 2 amide bonds. The van der Waals surface area contributed by atoms with Crippen LogP contribution in [0, 0.1) is 6.92 Å². The zero-order valence-electron chi connectivity index (χ0n) is 14.7. The van der Waals surface area contributed by atoms with Crippen molar-refractivity contribution >= 4 is 17.4 Å². The number of amides is 2. The molecule has 2 heterocycles. The van der Waals surface area contributed by atoms with E-state index in [1.165, 1.54) is 0 Å². The second kappa shape index (κ2) is 7.88. The number of carbonyl (C=O) groups excluding carboxylic acids is 1. The van der Waals surface area contributed by atoms with E-state index in [0.29, 0.717) is 31.1 Å². The van der Waals surface area contributed by atoms with Crippen LogP contribution in [0.4, 0.5) is 16.2 Å². The van der Waals surface area contributed by atoms with E-state index in [0.717, 1.165) is 24.3 Å². The lowest BCUT2D eigenvalue weighted by Gasteiger charge is -2.36. The van der Waals surface area contributed by atoms with Gasteiger partial charge in [-0.25, -0.2) is 4.79 Å². The number of nitrogens with one attached hydrogen (secondary N) is 1. The Balaban J connectivity index is 1.60. The van der Waals surface area contributed by atoms with Gasteiger partial charge in [-0.2, -0.15) is 0 Å². The molecule has 1 fully saturated rings. The molecule has 0 bridgehead atoms. The maximum absolute atomic E-state index is 12.6. The minimum Gasteiger partial charge on any atom is -0.492 e. The lowest BCUT2D eigenvalue weighted by molar-refractivity contribution is 0.208. The van der Waals surface area contributed by atoms with E-state index in [4.69, 9.17) is 4.74 Å². The van der Waals surface area contributed by atoms with Gasteiger partial charge in [-0.15, -0.1) is 0 Å². The molecule has 1 saturated heterocycles. The quantitative estimate of drug-likeness (QED) is 0.929. The monoisotopic (exact) mass is 340 g/mol. The molecule has 1 aromatic heterocycles. The molecule has 0 spiro atoms. The van der Waals surface area contributed by atoms with E-state index in [1.54, 1.807) is 12.4 Å². The number of rotatable bonds is 4. The molecular weight excluding hydrogens is 316 g/mol. The minimum atomic E-state index is -0.0841. The molecule has 1 aromatic carbocycles. The molecule has 0 atom stereocenters. The summed E-state index contributed by atoms with van der Waals surface area (Å²) in [5.74, 6) is 0.714. The molecule has 1 aliphatic heterocycles. The van der Waals surface area contributed by atoms with E-state index in [1.807, 2.05) is 49.1 Å². The third-order valence-electron chi connectivity index (χ3n) is 4.27. The number of benzene rings is 1. The summed E-state index contributed by atoms with van der Waals surface area (Å²) in [7, 11) is 0. The highest BCUT2D eigenvalue weighted by Gasteiger charge is 2.22. The molecule has 0 unspecified atom stereocenters. The Labute approximate surface area is 148 Å². The third-order valence-corrected chi connectivity index (χ3v) is 4.27. The van der Waals surface area contributed by atoms with Gasteiger partial charge in [0.1, 0.15) is 5.75 Å². The van der Waals surface area contributed by atoms with Crippen molar-refractivity contribution in [3.8, 4) is 5.75 Å². The number of nitrogens with zero attached hydrogens (tertiary/aromatic N) is 3. The summed E-state index contributed by atoms with van der Waals surface area (Å²) in [6, 6.07) is 9.72. The molecule has 0 radical (unpaired) electrons. The van der Waals surface area contributed by atoms with Gasteiger partial charge in [0, 0.05) is 44.3 Å². The van der Waals surface area contributed by atoms with Crippen LogP contribution in [0.3, 0.4) is 0 Å². The summed E-state index contributed by atoms with van der Waals surface area (Å²) in [4.78, 5) is 20.7. The first-order valence-electron chi connectivity index (χ1n) is 8.61. The van der Waals surface area contributed by atoms with Gasteiger partial charge in [0.15, 0.2) is 0 Å². The fourth-order valence-corrected chi connectivity index (χ4v) is 2.92. The largest absolute Gasteiger partial charge is 0.492 e. The number of aromatic nitrogens is 1. The fourth-order valence-electron chi connectivity index (χ4n) is 2.92. The summed E-state index contributed by atoms with van der Waals surface area (Å²) >= 11 is 0. The summed E-state index contributed by atoms with van der Waals surface area (Å²) in [5, 5.41) is 2.98. The second-order valence-corrected chi connectivity index (χ2v) is 6.04. The SMILES string of the molecule is CCOc1cc(C)ccc1NC(=O)N1CCN(c2ccncc2)CC1. The predicted molar refractivity (Wildman–Crippen MR) is 99.4 cm³/mol. The van der Waals surface area contributed by atoms with Gasteiger partial charge in [-0.3, -0.25) is 4.98 Å². The molecule has 1 aliphatic rings. The van der Waals surface area contributed by atoms with Crippen molar-refractivity contribution in [2.75, 3.05) is 43.0 Å². The van der Waals surface area contributed by atoms with Crippen molar-refractivity contribution in [1.29, 1.82) is 0 Å². The highest BCUT2D eigenvalue weighted by molar-refractivity contribution is 5.91. The lowest BCUT2D eigenvalue weighted by atomic mass is 10.2. The van der Waals surface area contributed by atoms with E-state index < -0.39 is 0 Å². The number of ether oxygens (including phenoxy) is 1. The summed E-state index contributed by atoms with van der Waals surface area (Å²) < 4.78 is 5.63. The topological polar surface area (TPSA) is 57.7 Å². The van der Waals surface area contributed by atoms with Crippen molar-refractivity contribution in [2.24, 2.45) is 0 Å². The van der Waals surface area contributed by atoms with Crippen molar-refractivity contribution < 1.29 is 9.53 Å². The van der Waals surface area contributed by atoms with Gasteiger partial charge in [-0.05, 0) is 43.7 Å². The average molecular weight is 340 g/mol. The van der Waals surface area contributed by atoms with Crippen LogP contribution in [0.2, 0.25) is 0 Å². The maximum Gasteiger partial charge on any atom is 0.322 e. The first-order chi connectivity index (χ1) is 12.2. The summed E-state index contributed by atoms with van der Waals surface area (Å²) in [6.45, 7) is 7.50. The minimum absolute atomic E-state index is 0.0841. The Morgan fingerprint density at radius 3 is 2.56 bits per heavy atom. The molecular formula is C19H24N4O2. The predicted octanol–water partition coefficient (Wildman–Crippen LogP) is 3.14.